The van der Waals surface area contributed by atoms with Gasteiger partial charge in [0.05, 0.1) is 29.4 Å². The van der Waals surface area contributed by atoms with Crippen LogP contribution in [0.3, 0.4) is 0 Å². The van der Waals surface area contributed by atoms with Crippen molar-refractivity contribution >= 4 is 44.9 Å². The molecule has 19 heteroatoms. The van der Waals surface area contributed by atoms with E-state index in [1.807, 2.05) is 13.0 Å². The first kappa shape index (κ1) is 42.9. The fourth-order valence-corrected chi connectivity index (χ4v) is 8.86. The maximum absolute atomic E-state index is 14.7. The highest BCUT2D eigenvalue weighted by Crippen LogP contribution is 2.47. The number of ether oxygens (including phenoxy) is 3. The van der Waals surface area contributed by atoms with E-state index in [0.29, 0.717) is 68.4 Å². The summed E-state index contributed by atoms with van der Waals surface area (Å²) in [5.74, 6) is -3.09. The number of carbonyl (C=O) groups is 4. The molecule has 4 aliphatic rings. The number of alkyl halides is 3. The van der Waals surface area contributed by atoms with Gasteiger partial charge in [0.15, 0.2) is 0 Å². The van der Waals surface area contributed by atoms with E-state index in [-0.39, 0.29) is 31.2 Å². The smallest absolute Gasteiger partial charge is 0.427 e. The normalized spacial score (nSPS) is 29.4. The Balaban J connectivity index is 1.35. The first-order valence-corrected chi connectivity index (χ1v) is 20.9. The molecule has 1 aromatic carbocycles. The largest absolute Gasteiger partial charge is 0.497 e. The number of allylic oxidation sites excluding steroid dienone is 1. The number of rotatable bonds is 8. The summed E-state index contributed by atoms with van der Waals surface area (Å²) in [6.07, 6.45) is -1.42. The van der Waals surface area contributed by atoms with Gasteiger partial charge in [-0.1, -0.05) is 26.0 Å². The van der Waals surface area contributed by atoms with Crippen molar-refractivity contribution in [3.05, 3.63) is 36.0 Å². The zero-order valence-corrected chi connectivity index (χ0v) is 34.4. The van der Waals surface area contributed by atoms with Crippen LogP contribution in [0.4, 0.5) is 18.0 Å². The number of aryl methyl sites for hydroxylation is 1. The fraction of sp³-hybridized carbons (Fsp3) is 0.641. The number of methoxy groups -OCH3 is 1. The Labute approximate surface area is 335 Å². The van der Waals surface area contributed by atoms with Crippen molar-refractivity contribution in [2.45, 2.75) is 127 Å². The minimum atomic E-state index is -4.92. The molecule has 1 aromatic heterocycles. The molecular formula is C39H51F3N6O9S. The maximum Gasteiger partial charge on any atom is 0.427 e. The lowest BCUT2D eigenvalue weighted by molar-refractivity contribution is -0.244. The third kappa shape index (κ3) is 8.69. The molecule has 3 fully saturated rings. The molecule has 3 N–H and O–H groups in total. The van der Waals surface area contributed by atoms with Crippen molar-refractivity contribution in [1.29, 1.82) is 0 Å². The summed E-state index contributed by atoms with van der Waals surface area (Å²) in [7, 11) is -2.58. The van der Waals surface area contributed by atoms with Crippen LogP contribution in [0.5, 0.6) is 11.6 Å². The van der Waals surface area contributed by atoms with Gasteiger partial charge in [0.2, 0.25) is 33.3 Å². The molecule has 318 valence electrons. The van der Waals surface area contributed by atoms with Crippen molar-refractivity contribution in [3.8, 4) is 11.6 Å². The molecule has 2 aliphatic heterocycles. The van der Waals surface area contributed by atoms with Crippen LogP contribution in [-0.2, 0) is 29.1 Å². The monoisotopic (exact) mass is 836 g/mol. The van der Waals surface area contributed by atoms with E-state index in [1.165, 1.54) is 18.9 Å². The van der Waals surface area contributed by atoms with Crippen LogP contribution in [0.2, 0.25) is 0 Å². The Hall–Kier alpha value is -4.68. The summed E-state index contributed by atoms with van der Waals surface area (Å²) >= 11 is 0. The number of nitrogens with one attached hydrogen (secondary N) is 3. The molecule has 0 spiro atoms. The molecule has 0 bridgehead atoms. The molecule has 6 rings (SSSR count). The average Bonchev–Trinajstić information content (AvgIpc) is 4.01. The number of carbonyl (C=O) groups excluding carboxylic acids is 4. The second kappa shape index (κ2) is 15.5. The molecule has 1 saturated heterocycles. The summed E-state index contributed by atoms with van der Waals surface area (Å²) in [5.41, 5.74) is -3.12. The minimum Gasteiger partial charge on any atom is -0.497 e. The van der Waals surface area contributed by atoms with E-state index < -0.39 is 85.9 Å². The molecule has 2 aromatic rings. The highest BCUT2D eigenvalue weighted by atomic mass is 32.2. The predicted molar refractivity (Wildman–Crippen MR) is 204 cm³/mol. The maximum atomic E-state index is 14.7. The Morgan fingerprint density at radius 2 is 1.78 bits per heavy atom. The molecule has 15 nitrogen and oxygen atoms in total. The number of hydrogen-bond acceptors (Lipinski definition) is 11. The number of benzene rings is 1. The predicted octanol–water partition coefficient (Wildman–Crippen LogP) is 4.62. The van der Waals surface area contributed by atoms with E-state index >= 15 is 0 Å². The lowest BCUT2D eigenvalue weighted by Crippen LogP contribution is -2.59. The average molecular weight is 837 g/mol. The van der Waals surface area contributed by atoms with Crippen LogP contribution in [0, 0.1) is 24.7 Å². The summed E-state index contributed by atoms with van der Waals surface area (Å²) in [6, 6.07) is 2.34. The lowest BCUT2D eigenvalue weighted by atomic mass is 9.88. The lowest BCUT2D eigenvalue weighted by Gasteiger charge is -2.34. The van der Waals surface area contributed by atoms with E-state index in [2.05, 4.69) is 25.3 Å². The third-order valence-corrected chi connectivity index (χ3v) is 14.0. The van der Waals surface area contributed by atoms with Gasteiger partial charge in [-0.15, -0.1) is 0 Å². The Kier molecular flexibility index (Phi) is 11.5. The summed E-state index contributed by atoms with van der Waals surface area (Å²) in [5, 5.41) is 5.16. The molecule has 0 radical (unpaired) electrons. The van der Waals surface area contributed by atoms with Gasteiger partial charge in [-0.3, -0.25) is 19.1 Å². The highest BCUT2D eigenvalue weighted by Gasteiger charge is 2.63. The highest BCUT2D eigenvalue weighted by molar-refractivity contribution is 7.91. The van der Waals surface area contributed by atoms with Crippen LogP contribution in [0.1, 0.15) is 85.3 Å². The van der Waals surface area contributed by atoms with Gasteiger partial charge >= 0.3 is 12.3 Å². The van der Waals surface area contributed by atoms with Crippen LogP contribution in [0.25, 0.3) is 11.0 Å². The number of fused-ring (bicyclic) bond motifs is 3. The zero-order valence-electron chi connectivity index (χ0n) is 33.6. The third-order valence-electron chi connectivity index (χ3n) is 11.8. The first-order valence-electron chi connectivity index (χ1n) is 19.4. The van der Waals surface area contributed by atoms with Gasteiger partial charge < -0.3 is 29.7 Å². The van der Waals surface area contributed by atoms with Gasteiger partial charge in [-0.25, -0.2) is 23.2 Å². The van der Waals surface area contributed by atoms with E-state index in [9.17, 15) is 40.8 Å². The number of halogens is 3. The number of hydrogen-bond donors (Lipinski definition) is 3. The van der Waals surface area contributed by atoms with Crippen LogP contribution < -0.4 is 24.8 Å². The summed E-state index contributed by atoms with van der Waals surface area (Å²) < 4.78 is 85.1. The molecule has 7 atom stereocenters. The molecule has 4 amide bonds. The van der Waals surface area contributed by atoms with Crippen LogP contribution >= 0.6 is 0 Å². The zero-order chi connectivity index (χ0) is 42.6. The van der Waals surface area contributed by atoms with Crippen LogP contribution in [0.15, 0.2) is 30.4 Å². The summed E-state index contributed by atoms with van der Waals surface area (Å²) in [4.78, 5) is 66.6. The SMILES string of the molecule is COc1ccc2nc(C)c(O[C@@H]3C[C@H]4C(=O)N[C@]5(C(=O)NS(=O)(=O)C6(C)CC6)CC5/C=C\CC[C@H](C)C[C@@H](C)[C@H](NC(=O)OC(C)(C)C(F)(F)F)C(=O)N4C3)nc2c1. The minimum absolute atomic E-state index is 0.0421. The van der Waals surface area contributed by atoms with Gasteiger partial charge in [0.25, 0.3) is 5.91 Å². The first-order chi connectivity index (χ1) is 27.0. The second-order valence-electron chi connectivity index (χ2n) is 16.9. The molecule has 3 heterocycles. The standard InChI is InChI=1S/C39H51F3N6O9S/c1-21-10-8-9-11-24-19-38(24,34(51)47-58(53,54)37(6)14-15-37)46-31(49)29-18-26(56-32-23(3)43-27-13-12-25(55-7)17-28(27)44-32)20-48(29)33(50)30(22(2)16-21)45-35(52)57-36(4,5)39(40,41)42/h9,11-13,17,21-22,24,26,29-30H,8,10,14-16,18-20H2,1-7H3,(H,45,52)(H,46,49)(H,47,51)/b11-9-/t21-,22+,24?,26+,29-,30-,38+/m0/s1. The number of sulfonamides is 1. The number of amides is 4. The Bertz CT molecular complexity index is 2110. The Morgan fingerprint density at radius 1 is 1.07 bits per heavy atom. The fourth-order valence-electron chi connectivity index (χ4n) is 7.55. The molecule has 1 unspecified atom stereocenters. The van der Waals surface area contributed by atoms with Gasteiger partial charge in [-0.05, 0) is 90.2 Å². The second-order valence-corrected chi connectivity index (χ2v) is 19.1. The van der Waals surface area contributed by atoms with Gasteiger partial charge in [-0.2, -0.15) is 13.2 Å². The van der Waals surface area contributed by atoms with Crippen molar-refractivity contribution in [3.63, 3.8) is 0 Å². The van der Waals surface area contributed by atoms with Crippen molar-refractivity contribution in [2.75, 3.05) is 13.7 Å². The van der Waals surface area contributed by atoms with Gasteiger partial charge in [0.1, 0.15) is 35.2 Å². The molecule has 58 heavy (non-hydrogen) atoms. The van der Waals surface area contributed by atoms with Crippen LogP contribution in [-0.4, -0.2) is 101 Å². The van der Waals surface area contributed by atoms with E-state index in [1.54, 1.807) is 38.1 Å². The summed E-state index contributed by atoms with van der Waals surface area (Å²) in [6.45, 7) is 7.97. The van der Waals surface area contributed by atoms with Crippen molar-refractivity contribution < 1.29 is 55.0 Å². The number of nitrogens with zero attached hydrogens (tertiary/aromatic N) is 3. The van der Waals surface area contributed by atoms with E-state index in [0.717, 1.165) is 0 Å². The number of aromatic nitrogens is 2. The number of alkyl carbamates (subject to hydrolysis) is 1. The Morgan fingerprint density at radius 3 is 2.43 bits per heavy atom. The van der Waals surface area contributed by atoms with Crippen molar-refractivity contribution in [2.24, 2.45) is 17.8 Å². The van der Waals surface area contributed by atoms with Crippen molar-refractivity contribution in [1.82, 2.24) is 30.2 Å². The van der Waals surface area contributed by atoms with E-state index in [4.69, 9.17) is 14.2 Å². The quantitative estimate of drug-likeness (QED) is 0.314. The molecule has 2 aliphatic carbocycles. The topological polar surface area (TPSA) is 195 Å². The molecular weight excluding hydrogens is 786 g/mol. The van der Waals surface area contributed by atoms with Gasteiger partial charge in [0, 0.05) is 18.4 Å². The molecule has 2 saturated carbocycles.